The number of hydrogen-bond donors (Lipinski definition) is 2. The number of pyridine rings is 1. The molecule has 3 saturated heterocycles. The lowest BCUT2D eigenvalue weighted by Crippen LogP contribution is -2.50. The molecule has 0 saturated carbocycles. The van der Waals surface area contributed by atoms with Crippen LogP contribution in [0.1, 0.15) is 29.6 Å². The Morgan fingerprint density at radius 2 is 1.50 bits per heavy atom. The van der Waals surface area contributed by atoms with Gasteiger partial charge in [0.2, 0.25) is 0 Å². The minimum Gasteiger partial charge on any atom is -0.475 e. The predicted molar refractivity (Wildman–Crippen MR) is 127 cm³/mol. The maximum atomic E-state index is 12.8. The number of amides is 1. The normalized spacial score (nSPS) is 24.0. The molecule has 0 radical (unpaired) electrons. The molecule has 4 rings (SSSR count). The van der Waals surface area contributed by atoms with Crippen molar-refractivity contribution in [2.24, 2.45) is 5.92 Å². The third-order valence-electron chi connectivity index (χ3n) is 6.64. The average molecular weight is 587 g/mol. The lowest BCUT2D eigenvalue weighted by molar-refractivity contribution is -0.193. The molecule has 0 aromatic carbocycles. The Morgan fingerprint density at radius 3 is 2.00 bits per heavy atom. The first-order chi connectivity index (χ1) is 18.5. The summed E-state index contributed by atoms with van der Waals surface area (Å²) in [6.45, 7) is 8.17. The summed E-state index contributed by atoms with van der Waals surface area (Å²) in [5, 5.41) is 14.2. The molecular formula is C24H32F6N4O6. The Hall–Kier alpha value is -2.98. The van der Waals surface area contributed by atoms with Crippen LogP contribution in [0.15, 0.2) is 24.5 Å². The maximum Gasteiger partial charge on any atom is 0.490 e. The van der Waals surface area contributed by atoms with Crippen LogP contribution >= 0.6 is 0 Å². The Bertz CT molecular complexity index is 964. The number of nitrogens with zero attached hydrogens (tertiary/aromatic N) is 4. The largest absolute Gasteiger partial charge is 0.490 e. The van der Waals surface area contributed by atoms with Gasteiger partial charge in [0.05, 0.1) is 12.2 Å². The monoisotopic (exact) mass is 586 g/mol. The van der Waals surface area contributed by atoms with Crippen LogP contribution < -0.4 is 0 Å². The molecular weight excluding hydrogens is 554 g/mol. The summed E-state index contributed by atoms with van der Waals surface area (Å²) in [6.07, 6.45) is -3.61. The second-order valence-electron chi connectivity index (χ2n) is 9.84. The molecule has 2 unspecified atom stereocenters. The van der Waals surface area contributed by atoms with Crippen molar-refractivity contribution in [3.8, 4) is 0 Å². The number of carbonyl (C=O) groups excluding carboxylic acids is 1. The van der Waals surface area contributed by atoms with Crippen molar-refractivity contribution in [2.75, 3.05) is 59.5 Å². The Morgan fingerprint density at radius 1 is 0.975 bits per heavy atom. The van der Waals surface area contributed by atoms with E-state index in [0.29, 0.717) is 5.92 Å². The SMILES string of the molecule is CN1CCN(CC2COC3(CCCN(C(=O)c4ccncc4)C3)C2)CC1.O=C(O)C(F)(F)F.O=C(O)C(F)(F)F. The summed E-state index contributed by atoms with van der Waals surface area (Å²) >= 11 is 0. The molecule has 10 nitrogen and oxygen atoms in total. The minimum atomic E-state index is -5.08. The summed E-state index contributed by atoms with van der Waals surface area (Å²) in [5.74, 6) is -4.81. The van der Waals surface area contributed by atoms with Crippen LogP contribution in [0.3, 0.4) is 0 Å². The molecule has 1 aromatic heterocycles. The number of piperazine rings is 1. The van der Waals surface area contributed by atoms with Gasteiger partial charge in [-0.3, -0.25) is 9.78 Å². The average Bonchev–Trinajstić information content (AvgIpc) is 3.26. The number of alkyl halides is 6. The number of likely N-dealkylation sites (tertiary alicyclic amines) is 1. The van der Waals surface area contributed by atoms with Gasteiger partial charge in [0.15, 0.2) is 0 Å². The fraction of sp³-hybridized carbons (Fsp3) is 0.667. The predicted octanol–water partition coefficient (Wildman–Crippen LogP) is 2.61. The number of aliphatic carboxylic acids is 2. The van der Waals surface area contributed by atoms with Gasteiger partial charge in [0, 0.05) is 63.8 Å². The second kappa shape index (κ2) is 14.1. The second-order valence-corrected chi connectivity index (χ2v) is 9.84. The third-order valence-corrected chi connectivity index (χ3v) is 6.64. The molecule has 3 fully saturated rings. The number of rotatable bonds is 3. The Labute approximate surface area is 226 Å². The van der Waals surface area contributed by atoms with Crippen molar-refractivity contribution < 1.29 is 55.7 Å². The van der Waals surface area contributed by atoms with Crippen molar-refractivity contribution >= 4 is 17.8 Å². The number of hydrogen-bond acceptors (Lipinski definition) is 7. The molecule has 0 aliphatic carbocycles. The van der Waals surface area contributed by atoms with Crippen molar-refractivity contribution in [1.29, 1.82) is 0 Å². The molecule has 226 valence electrons. The van der Waals surface area contributed by atoms with E-state index in [-0.39, 0.29) is 11.5 Å². The maximum absolute atomic E-state index is 12.8. The summed E-state index contributed by atoms with van der Waals surface area (Å²) in [7, 11) is 2.20. The molecule has 1 spiro atoms. The number of ether oxygens (including phenoxy) is 1. The van der Waals surface area contributed by atoms with Gasteiger partial charge < -0.3 is 29.6 Å². The first-order valence-electron chi connectivity index (χ1n) is 12.4. The highest BCUT2D eigenvalue weighted by atomic mass is 19.4. The van der Waals surface area contributed by atoms with Gasteiger partial charge in [-0.25, -0.2) is 9.59 Å². The summed E-state index contributed by atoms with van der Waals surface area (Å²) in [6, 6.07) is 3.60. The van der Waals surface area contributed by atoms with E-state index < -0.39 is 24.3 Å². The topological polar surface area (TPSA) is 124 Å². The van der Waals surface area contributed by atoms with E-state index in [1.165, 1.54) is 0 Å². The molecule has 3 aliphatic rings. The zero-order valence-corrected chi connectivity index (χ0v) is 21.7. The van der Waals surface area contributed by atoms with Crippen LogP contribution in [-0.2, 0) is 14.3 Å². The standard InChI is InChI=1S/C20H30N4O2.2C2HF3O2/c1-22-9-11-23(12-10-22)14-17-13-20(26-15-17)5-2-8-24(16-20)19(25)18-3-6-21-7-4-18;2*3-2(4,5)1(6)7/h3-4,6-7,17H,2,5,8-16H2,1H3;2*(H,6,7). The molecule has 40 heavy (non-hydrogen) atoms. The van der Waals surface area contributed by atoms with Crippen LogP contribution in [0.25, 0.3) is 0 Å². The van der Waals surface area contributed by atoms with E-state index in [2.05, 4.69) is 21.8 Å². The van der Waals surface area contributed by atoms with Gasteiger partial charge in [-0.2, -0.15) is 26.3 Å². The van der Waals surface area contributed by atoms with E-state index in [1.54, 1.807) is 24.5 Å². The van der Waals surface area contributed by atoms with E-state index in [4.69, 9.17) is 24.5 Å². The van der Waals surface area contributed by atoms with Crippen molar-refractivity contribution in [2.45, 2.75) is 37.2 Å². The third kappa shape index (κ3) is 10.5. The number of halogens is 6. The number of carboxylic acid groups (broad SMARTS) is 2. The molecule has 16 heteroatoms. The molecule has 2 N–H and O–H groups in total. The van der Waals surface area contributed by atoms with Crippen molar-refractivity contribution in [1.82, 2.24) is 19.7 Å². The van der Waals surface area contributed by atoms with Gasteiger partial charge >= 0.3 is 24.3 Å². The van der Waals surface area contributed by atoms with Crippen LogP contribution in [0, 0.1) is 5.92 Å². The number of carbonyl (C=O) groups is 3. The zero-order valence-electron chi connectivity index (χ0n) is 21.7. The van der Waals surface area contributed by atoms with Gasteiger partial charge in [0.25, 0.3) is 5.91 Å². The highest BCUT2D eigenvalue weighted by molar-refractivity contribution is 5.94. The zero-order chi connectivity index (χ0) is 30.1. The molecule has 1 aromatic rings. The smallest absolute Gasteiger partial charge is 0.475 e. The summed E-state index contributed by atoms with van der Waals surface area (Å²) in [4.78, 5) is 41.6. The number of likely N-dealkylation sites (N-methyl/N-ethyl adjacent to an activating group) is 1. The number of piperidine rings is 1. The van der Waals surface area contributed by atoms with Crippen LogP contribution in [0.4, 0.5) is 26.3 Å². The first kappa shape index (κ1) is 33.2. The van der Waals surface area contributed by atoms with Crippen LogP contribution in [-0.4, -0.2) is 125 Å². The lowest BCUT2D eigenvalue weighted by atomic mass is 9.86. The van der Waals surface area contributed by atoms with Crippen LogP contribution in [0.5, 0.6) is 0 Å². The van der Waals surface area contributed by atoms with Gasteiger partial charge in [-0.15, -0.1) is 0 Å². The highest BCUT2D eigenvalue weighted by Gasteiger charge is 2.45. The first-order valence-corrected chi connectivity index (χ1v) is 12.4. The minimum absolute atomic E-state index is 0.109. The molecule has 3 aliphatic heterocycles. The quantitative estimate of drug-likeness (QED) is 0.515. The van der Waals surface area contributed by atoms with Crippen molar-refractivity contribution in [3.63, 3.8) is 0 Å². The number of aromatic nitrogens is 1. The molecule has 1 amide bonds. The van der Waals surface area contributed by atoms with Crippen molar-refractivity contribution in [3.05, 3.63) is 30.1 Å². The van der Waals surface area contributed by atoms with Gasteiger partial charge in [-0.05, 0) is 44.4 Å². The van der Waals surface area contributed by atoms with Gasteiger partial charge in [0.1, 0.15) is 0 Å². The van der Waals surface area contributed by atoms with Crippen LogP contribution in [0.2, 0.25) is 0 Å². The Balaban J connectivity index is 0.000000333. The highest BCUT2D eigenvalue weighted by Crippen LogP contribution is 2.38. The van der Waals surface area contributed by atoms with E-state index >= 15 is 0 Å². The fourth-order valence-electron chi connectivity index (χ4n) is 4.68. The number of carboxylic acids is 2. The van der Waals surface area contributed by atoms with Gasteiger partial charge in [-0.1, -0.05) is 0 Å². The summed E-state index contributed by atoms with van der Waals surface area (Å²) in [5.41, 5.74) is 0.599. The fourth-order valence-corrected chi connectivity index (χ4v) is 4.68. The molecule has 2 atom stereocenters. The Kier molecular flexibility index (Phi) is 11.7. The van der Waals surface area contributed by atoms with E-state index in [0.717, 1.165) is 77.2 Å². The molecule has 0 bridgehead atoms. The summed E-state index contributed by atoms with van der Waals surface area (Å²) < 4.78 is 69.8. The molecule has 4 heterocycles. The lowest BCUT2D eigenvalue weighted by Gasteiger charge is -2.40. The van der Waals surface area contributed by atoms with E-state index in [1.807, 2.05) is 4.90 Å². The van der Waals surface area contributed by atoms with E-state index in [9.17, 15) is 31.1 Å².